The molecule has 6 heteroatoms. The van der Waals surface area contributed by atoms with Gasteiger partial charge in [-0.15, -0.1) is 4.40 Å². The zero-order valence-electron chi connectivity index (χ0n) is 12.5. The van der Waals surface area contributed by atoms with Crippen molar-refractivity contribution < 1.29 is 8.42 Å². The molecule has 1 aliphatic rings. The summed E-state index contributed by atoms with van der Waals surface area (Å²) in [5, 5.41) is 0. The van der Waals surface area contributed by atoms with Crippen molar-refractivity contribution in [2.45, 2.75) is 31.6 Å². The van der Waals surface area contributed by atoms with Gasteiger partial charge in [-0.3, -0.25) is 4.90 Å². The Morgan fingerprint density at radius 1 is 1.05 bits per heavy atom. The third-order valence-corrected chi connectivity index (χ3v) is 4.97. The van der Waals surface area contributed by atoms with Gasteiger partial charge in [0.05, 0.1) is 0 Å². The first-order valence-corrected chi connectivity index (χ1v) is 8.68. The second-order valence-electron chi connectivity index (χ2n) is 5.02. The predicted molar refractivity (Wildman–Crippen MR) is 87.1 cm³/mol. The topological polar surface area (TPSA) is 62.6 Å². The average molecular weight is 315 g/mol. The van der Waals surface area contributed by atoms with Gasteiger partial charge in [-0.25, -0.2) is 4.98 Å². The molecule has 114 valence electrons. The van der Waals surface area contributed by atoms with Gasteiger partial charge in [-0.05, 0) is 36.2 Å². The van der Waals surface area contributed by atoms with Crippen LogP contribution in [-0.2, 0) is 16.4 Å². The lowest BCUT2D eigenvalue weighted by Crippen LogP contribution is -2.32. The van der Waals surface area contributed by atoms with E-state index in [1.54, 1.807) is 18.3 Å². The van der Waals surface area contributed by atoms with Crippen LogP contribution in [0.15, 0.2) is 51.9 Å². The van der Waals surface area contributed by atoms with E-state index in [1.165, 1.54) is 5.56 Å². The van der Waals surface area contributed by atoms with Gasteiger partial charge in [0.1, 0.15) is 10.7 Å². The Labute approximate surface area is 130 Å². The number of sulfonamides is 1. The number of benzene rings is 1. The fraction of sp³-hybridized carbons (Fsp3) is 0.250. The molecule has 0 spiro atoms. The van der Waals surface area contributed by atoms with Crippen molar-refractivity contribution in [1.29, 1.82) is 0 Å². The summed E-state index contributed by atoms with van der Waals surface area (Å²) in [4.78, 5) is 6.24. The first kappa shape index (κ1) is 14.7. The van der Waals surface area contributed by atoms with E-state index in [9.17, 15) is 8.42 Å². The molecule has 5 nitrogen and oxygen atoms in total. The summed E-state index contributed by atoms with van der Waals surface area (Å²) in [5.41, 5.74) is 2.09. The molecule has 1 aliphatic heterocycles. The Hall–Kier alpha value is -2.21. The Bertz CT molecular complexity index is 827. The summed E-state index contributed by atoms with van der Waals surface area (Å²) in [6, 6.07) is 11.2. The molecule has 0 unspecified atom stereocenters. The average Bonchev–Trinajstić information content (AvgIpc) is 2.54. The number of pyridine rings is 1. The number of hydrogen-bond donors (Lipinski definition) is 0. The van der Waals surface area contributed by atoms with Gasteiger partial charge in [0.25, 0.3) is 10.0 Å². The summed E-state index contributed by atoms with van der Waals surface area (Å²) in [5.74, 6) is 0.897. The lowest BCUT2D eigenvalue weighted by molar-refractivity contribution is 0.596. The zero-order valence-corrected chi connectivity index (χ0v) is 13.3. The molecule has 0 aliphatic carbocycles. The Kier molecular flexibility index (Phi) is 3.70. The van der Waals surface area contributed by atoms with Gasteiger partial charge in [0, 0.05) is 18.3 Å². The zero-order chi connectivity index (χ0) is 15.7. The van der Waals surface area contributed by atoms with E-state index < -0.39 is 10.0 Å². The lowest BCUT2D eigenvalue weighted by atomic mass is 10.1. The van der Waals surface area contributed by atoms with Gasteiger partial charge in [-0.1, -0.05) is 26.0 Å². The maximum Gasteiger partial charge on any atom is 0.287 e. The summed E-state index contributed by atoms with van der Waals surface area (Å²) in [6.07, 6.45) is 3.06. The first-order chi connectivity index (χ1) is 10.6. The third-order valence-electron chi connectivity index (χ3n) is 3.64. The van der Waals surface area contributed by atoms with Crippen molar-refractivity contribution in [1.82, 2.24) is 4.98 Å². The van der Waals surface area contributed by atoms with Crippen LogP contribution >= 0.6 is 0 Å². The molecular weight excluding hydrogens is 298 g/mol. The Morgan fingerprint density at radius 2 is 1.77 bits per heavy atom. The number of rotatable bonds is 3. The molecule has 1 aromatic carbocycles. The third kappa shape index (κ3) is 2.39. The summed E-state index contributed by atoms with van der Waals surface area (Å²) in [7, 11) is -3.67. The maximum absolute atomic E-state index is 12.3. The summed E-state index contributed by atoms with van der Waals surface area (Å²) in [6.45, 7) is 3.98. The van der Waals surface area contributed by atoms with Crippen LogP contribution in [0, 0.1) is 0 Å². The number of amidine groups is 1. The normalized spacial score (nSPS) is 16.1. The van der Waals surface area contributed by atoms with Crippen molar-refractivity contribution in [2.75, 3.05) is 4.90 Å². The smallest absolute Gasteiger partial charge is 0.281 e. The standard InChI is InChI=1S/C16H17N3O2S/c1-3-12-7-9-13(10-8-12)19-15(4-2)18-22(20,21)14-6-5-11-17-16(14)19/h5-11H,3-4H2,1-2H3. The highest BCUT2D eigenvalue weighted by atomic mass is 32.2. The number of aryl methyl sites for hydroxylation is 1. The van der Waals surface area contributed by atoms with Crippen molar-refractivity contribution in [3.8, 4) is 0 Å². The highest BCUT2D eigenvalue weighted by molar-refractivity contribution is 7.90. The van der Waals surface area contributed by atoms with Crippen LogP contribution in [0.4, 0.5) is 11.5 Å². The van der Waals surface area contributed by atoms with Crippen LogP contribution in [0.2, 0.25) is 0 Å². The van der Waals surface area contributed by atoms with Crippen molar-refractivity contribution in [2.24, 2.45) is 4.40 Å². The van der Waals surface area contributed by atoms with Gasteiger partial charge in [0.2, 0.25) is 0 Å². The fourth-order valence-corrected chi connectivity index (χ4v) is 3.69. The summed E-state index contributed by atoms with van der Waals surface area (Å²) < 4.78 is 28.5. The van der Waals surface area contributed by atoms with E-state index >= 15 is 0 Å². The monoisotopic (exact) mass is 315 g/mol. The lowest BCUT2D eigenvalue weighted by Gasteiger charge is -2.29. The van der Waals surface area contributed by atoms with Crippen molar-refractivity contribution in [3.63, 3.8) is 0 Å². The number of fused-ring (bicyclic) bond motifs is 1. The Morgan fingerprint density at radius 3 is 2.41 bits per heavy atom. The van der Waals surface area contributed by atoms with E-state index in [-0.39, 0.29) is 4.90 Å². The van der Waals surface area contributed by atoms with Crippen LogP contribution in [0.3, 0.4) is 0 Å². The first-order valence-electron chi connectivity index (χ1n) is 7.24. The van der Waals surface area contributed by atoms with E-state index in [1.807, 2.05) is 36.1 Å². The SMILES string of the molecule is CCC1=NS(=O)(=O)c2cccnc2N1c1ccc(CC)cc1. The highest BCUT2D eigenvalue weighted by Crippen LogP contribution is 2.35. The molecule has 0 atom stereocenters. The number of anilines is 2. The molecule has 1 aromatic heterocycles. The molecule has 0 radical (unpaired) electrons. The van der Waals surface area contributed by atoms with E-state index in [2.05, 4.69) is 16.3 Å². The van der Waals surface area contributed by atoms with Gasteiger partial charge < -0.3 is 0 Å². The molecule has 0 bridgehead atoms. The quantitative estimate of drug-likeness (QED) is 0.872. The summed E-state index contributed by atoms with van der Waals surface area (Å²) >= 11 is 0. The molecule has 0 saturated heterocycles. The van der Waals surface area contributed by atoms with Crippen LogP contribution in [-0.4, -0.2) is 19.2 Å². The number of aromatic nitrogens is 1. The molecule has 0 fully saturated rings. The number of nitrogens with zero attached hydrogens (tertiary/aromatic N) is 3. The van der Waals surface area contributed by atoms with Crippen molar-refractivity contribution in [3.05, 3.63) is 48.2 Å². The van der Waals surface area contributed by atoms with Crippen molar-refractivity contribution >= 4 is 27.4 Å². The van der Waals surface area contributed by atoms with Gasteiger partial charge in [-0.2, -0.15) is 8.42 Å². The predicted octanol–water partition coefficient (Wildman–Crippen LogP) is 3.29. The second kappa shape index (κ2) is 5.53. The van der Waals surface area contributed by atoms with Crippen LogP contribution in [0.25, 0.3) is 0 Å². The molecular formula is C16H17N3O2S. The van der Waals surface area contributed by atoms with Gasteiger partial charge in [0.15, 0.2) is 5.82 Å². The van der Waals surface area contributed by atoms with E-state index in [0.29, 0.717) is 18.1 Å². The fourth-order valence-electron chi connectivity index (χ4n) is 2.48. The molecule has 0 saturated carbocycles. The van der Waals surface area contributed by atoms with Gasteiger partial charge >= 0.3 is 0 Å². The molecule has 0 amide bonds. The second-order valence-corrected chi connectivity index (χ2v) is 6.59. The minimum atomic E-state index is -3.67. The molecule has 2 aromatic rings. The molecule has 3 rings (SSSR count). The maximum atomic E-state index is 12.3. The largest absolute Gasteiger partial charge is 0.287 e. The Balaban J connectivity index is 2.20. The molecule has 22 heavy (non-hydrogen) atoms. The van der Waals surface area contributed by atoms with Crippen LogP contribution < -0.4 is 4.90 Å². The molecule has 2 heterocycles. The van der Waals surface area contributed by atoms with E-state index in [4.69, 9.17) is 0 Å². The minimum absolute atomic E-state index is 0.145. The number of hydrogen-bond acceptors (Lipinski definition) is 4. The van der Waals surface area contributed by atoms with Crippen LogP contribution in [0.1, 0.15) is 25.8 Å². The highest BCUT2D eigenvalue weighted by Gasteiger charge is 2.31. The minimum Gasteiger partial charge on any atom is -0.281 e. The van der Waals surface area contributed by atoms with E-state index in [0.717, 1.165) is 12.1 Å². The van der Waals surface area contributed by atoms with Crippen LogP contribution in [0.5, 0.6) is 0 Å². The molecule has 0 N–H and O–H groups in total.